The molecule has 3 saturated carbocycles. The Morgan fingerprint density at radius 3 is 2.43 bits per heavy atom. The van der Waals surface area contributed by atoms with Crippen LogP contribution in [0, 0.1) is 35.0 Å². The number of nitrogens with zero attached hydrogens (tertiary/aromatic N) is 3. The molecule has 3 heterocycles. The molecule has 2 aromatic rings. The number of carbonyl (C=O) groups excluding carboxylic acids is 3. The second kappa shape index (κ2) is 13.5. The molecule has 1 amide bonds. The lowest BCUT2D eigenvalue weighted by atomic mass is 9.61. The number of amides is 1. The maximum absolute atomic E-state index is 14.4. The van der Waals surface area contributed by atoms with E-state index in [2.05, 4.69) is 0 Å². The van der Waals surface area contributed by atoms with E-state index in [-0.39, 0.29) is 36.9 Å². The summed E-state index contributed by atoms with van der Waals surface area (Å²) in [6, 6.07) is 5.02. The van der Waals surface area contributed by atoms with E-state index in [9.17, 15) is 14.4 Å². The van der Waals surface area contributed by atoms with Gasteiger partial charge in [-0.2, -0.15) is 0 Å². The van der Waals surface area contributed by atoms with Crippen molar-refractivity contribution in [2.75, 3.05) is 13.7 Å². The van der Waals surface area contributed by atoms with Crippen LogP contribution in [0.5, 0.6) is 11.6 Å². The van der Waals surface area contributed by atoms with Gasteiger partial charge in [0.25, 0.3) is 0 Å². The van der Waals surface area contributed by atoms with Crippen LogP contribution in [0.15, 0.2) is 18.2 Å². The van der Waals surface area contributed by atoms with Gasteiger partial charge >= 0.3 is 5.97 Å². The highest BCUT2D eigenvalue weighted by atomic mass is 16.5. The van der Waals surface area contributed by atoms with Crippen LogP contribution >= 0.6 is 0 Å². The molecule has 5 aliphatic rings. The summed E-state index contributed by atoms with van der Waals surface area (Å²) in [5.74, 6) is 1.21. The average molecular weight is 634 g/mol. The molecule has 1 aromatic carbocycles. The summed E-state index contributed by atoms with van der Waals surface area (Å²) < 4.78 is 18.5. The van der Waals surface area contributed by atoms with Crippen LogP contribution in [0.4, 0.5) is 0 Å². The second-order valence-corrected chi connectivity index (χ2v) is 15.2. The Hall–Kier alpha value is -3.23. The molecule has 2 aliphatic heterocycles. The molecule has 9 heteroatoms. The van der Waals surface area contributed by atoms with E-state index < -0.39 is 23.5 Å². The first-order chi connectivity index (χ1) is 22.1. The average Bonchev–Trinajstić information content (AvgIpc) is 3.40. The van der Waals surface area contributed by atoms with Gasteiger partial charge in [-0.1, -0.05) is 40.5 Å². The number of benzene rings is 1. The van der Waals surface area contributed by atoms with Gasteiger partial charge in [0.05, 0.1) is 43.1 Å². The van der Waals surface area contributed by atoms with Crippen LogP contribution in [-0.2, 0) is 25.5 Å². The molecule has 46 heavy (non-hydrogen) atoms. The molecule has 250 valence electrons. The molecule has 0 radical (unpaired) electrons. The molecule has 1 aromatic heterocycles. The third-order valence-electron chi connectivity index (χ3n) is 11.5. The Kier molecular flexibility index (Phi) is 9.58. The monoisotopic (exact) mass is 633 g/mol. The molecular formula is C37H51N3O6. The van der Waals surface area contributed by atoms with Crippen molar-refractivity contribution in [1.29, 1.82) is 0 Å². The van der Waals surface area contributed by atoms with Gasteiger partial charge in [-0.25, -0.2) is 9.97 Å². The van der Waals surface area contributed by atoms with Crippen molar-refractivity contribution in [3.63, 3.8) is 0 Å². The largest absolute Gasteiger partial charge is 0.497 e. The zero-order valence-electron chi connectivity index (χ0n) is 28.2. The fourth-order valence-corrected chi connectivity index (χ4v) is 8.81. The summed E-state index contributed by atoms with van der Waals surface area (Å²) in [5.41, 5.74) is 1.75. The molecule has 4 fully saturated rings. The van der Waals surface area contributed by atoms with Crippen molar-refractivity contribution in [1.82, 2.24) is 14.9 Å². The fraction of sp³-hybridized carbons (Fsp3) is 0.703. The lowest BCUT2D eigenvalue weighted by molar-refractivity contribution is -0.170. The summed E-state index contributed by atoms with van der Waals surface area (Å²) in [7, 11) is 1.63. The molecule has 0 N–H and O–H groups in total. The Balaban J connectivity index is 1.37. The Bertz CT molecular complexity index is 1430. The Morgan fingerprint density at radius 1 is 0.978 bits per heavy atom. The minimum Gasteiger partial charge on any atom is -0.497 e. The van der Waals surface area contributed by atoms with Crippen LogP contribution < -0.4 is 9.47 Å². The van der Waals surface area contributed by atoms with Crippen LogP contribution in [0.3, 0.4) is 0 Å². The molecule has 7 rings (SSSR count). The standard InChI is InChI=1S/C37H51N3O6/c1-6-25-31(21-41)40-20-32(25)45-35-29(38-28-17-16-24(44-5)18-30(28)39-35)11-9-7-8-10-26-22-12-14-23(15-13-22)34(26)46-33(42)19-27(36(40)43)37(2,3)4/h16-18,21-23,25-27,31-32,34H,6-15,19-20H2,1-5H3/t22?,23?,25-,26+,27+,31+,32-,34+/m0/s1. The number of methoxy groups -OCH3 is 1. The van der Waals surface area contributed by atoms with E-state index in [4.69, 9.17) is 24.2 Å². The van der Waals surface area contributed by atoms with Crippen LogP contribution in [0.1, 0.15) is 97.6 Å². The van der Waals surface area contributed by atoms with Crippen molar-refractivity contribution in [3.05, 3.63) is 23.9 Å². The van der Waals surface area contributed by atoms with Gasteiger partial charge in [-0.15, -0.1) is 0 Å². The molecule has 6 atom stereocenters. The Morgan fingerprint density at radius 2 is 1.74 bits per heavy atom. The highest BCUT2D eigenvalue weighted by Crippen LogP contribution is 2.49. The van der Waals surface area contributed by atoms with Gasteiger partial charge in [0.1, 0.15) is 29.9 Å². The van der Waals surface area contributed by atoms with Crippen LogP contribution in [-0.4, -0.2) is 64.9 Å². The third-order valence-corrected chi connectivity index (χ3v) is 11.5. The topological polar surface area (TPSA) is 108 Å². The molecule has 0 unspecified atom stereocenters. The van der Waals surface area contributed by atoms with E-state index in [0.29, 0.717) is 41.3 Å². The van der Waals surface area contributed by atoms with Crippen molar-refractivity contribution in [3.8, 4) is 11.6 Å². The lowest BCUT2D eigenvalue weighted by Crippen LogP contribution is -2.48. The maximum atomic E-state index is 14.4. The van der Waals surface area contributed by atoms with Gasteiger partial charge in [0.2, 0.25) is 11.8 Å². The number of hydrogen-bond acceptors (Lipinski definition) is 8. The highest BCUT2D eigenvalue weighted by molar-refractivity contribution is 5.87. The SMILES string of the molecule is CC[C@@H]1[C@@H]2CN(C(=O)[C@H](C(C)(C)C)CC(=O)O[C@@H]3C4CCC(CC4)[C@H]3CCCCCc3nc4ccc(OC)cc4nc3O2)[C@@H]1C=O. The van der Waals surface area contributed by atoms with Gasteiger partial charge < -0.3 is 23.9 Å². The number of aldehydes is 1. The minimum absolute atomic E-state index is 0.00939. The number of aryl methyl sites for hydroxylation is 1. The zero-order valence-corrected chi connectivity index (χ0v) is 28.2. The van der Waals surface area contributed by atoms with E-state index in [1.807, 2.05) is 45.9 Å². The number of hydrogen-bond donors (Lipinski definition) is 0. The summed E-state index contributed by atoms with van der Waals surface area (Å²) >= 11 is 0. The number of ether oxygens (including phenoxy) is 3. The van der Waals surface area contributed by atoms with Crippen molar-refractivity contribution in [2.24, 2.45) is 35.0 Å². The first-order valence-corrected chi connectivity index (χ1v) is 17.6. The van der Waals surface area contributed by atoms with Crippen molar-refractivity contribution in [2.45, 2.75) is 117 Å². The van der Waals surface area contributed by atoms with E-state index in [0.717, 1.165) is 62.4 Å². The van der Waals surface area contributed by atoms with Crippen molar-refractivity contribution >= 4 is 29.2 Å². The zero-order chi connectivity index (χ0) is 32.6. The Labute approximate surface area is 273 Å². The fourth-order valence-electron chi connectivity index (χ4n) is 8.81. The molecular weight excluding hydrogens is 582 g/mol. The summed E-state index contributed by atoms with van der Waals surface area (Å²) in [5, 5.41) is 0. The van der Waals surface area contributed by atoms with Gasteiger partial charge in [-0.3, -0.25) is 9.59 Å². The van der Waals surface area contributed by atoms with Gasteiger partial charge in [0.15, 0.2) is 0 Å². The summed E-state index contributed by atoms with van der Waals surface area (Å²) in [6.07, 6.45) is 10.5. The van der Waals surface area contributed by atoms with Crippen LogP contribution in [0.2, 0.25) is 0 Å². The smallest absolute Gasteiger partial charge is 0.306 e. The number of esters is 1. The molecule has 0 spiro atoms. The second-order valence-electron chi connectivity index (χ2n) is 15.2. The molecule has 9 nitrogen and oxygen atoms in total. The molecule has 4 bridgehead atoms. The van der Waals surface area contributed by atoms with E-state index in [1.165, 1.54) is 12.8 Å². The normalized spacial score (nSPS) is 32.5. The first-order valence-electron chi connectivity index (χ1n) is 17.6. The number of fused-ring (bicyclic) bond motifs is 6. The summed E-state index contributed by atoms with van der Waals surface area (Å²) in [4.78, 5) is 52.3. The number of aromatic nitrogens is 2. The van der Waals surface area contributed by atoms with Gasteiger partial charge in [0, 0.05) is 12.0 Å². The number of carbonyl (C=O) groups is 3. The quantitative estimate of drug-likeness (QED) is 0.285. The first kappa shape index (κ1) is 32.7. The maximum Gasteiger partial charge on any atom is 0.306 e. The minimum atomic E-state index is -0.652. The molecule has 3 aliphatic carbocycles. The predicted octanol–water partition coefficient (Wildman–Crippen LogP) is 6.34. The molecule has 1 saturated heterocycles. The number of rotatable bonds is 3. The third kappa shape index (κ3) is 6.48. The lowest BCUT2D eigenvalue weighted by Gasteiger charge is -2.48. The predicted molar refractivity (Wildman–Crippen MR) is 174 cm³/mol. The van der Waals surface area contributed by atoms with Crippen molar-refractivity contribution < 1.29 is 28.6 Å². The van der Waals surface area contributed by atoms with Gasteiger partial charge in [-0.05, 0) is 86.7 Å². The van der Waals surface area contributed by atoms with E-state index >= 15 is 0 Å². The highest BCUT2D eigenvalue weighted by Gasteiger charge is 2.49. The summed E-state index contributed by atoms with van der Waals surface area (Å²) in [6.45, 7) is 8.23. The van der Waals surface area contributed by atoms with E-state index in [1.54, 1.807) is 12.0 Å². The van der Waals surface area contributed by atoms with Crippen LogP contribution in [0.25, 0.3) is 11.0 Å².